The lowest BCUT2D eigenvalue weighted by molar-refractivity contribution is -0.161. The molecule has 0 spiro atoms. The molecule has 2 atom stereocenters. The normalized spacial score (nSPS) is 21.5. The Morgan fingerprint density at radius 2 is 1.96 bits per heavy atom. The van der Waals surface area contributed by atoms with Crippen molar-refractivity contribution in [2.45, 2.75) is 66.0 Å². The van der Waals surface area contributed by atoms with Crippen molar-refractivity contribution < 1.29 is 18.8 Å². The van der Waals surface area contributed by atoms with E-state index in [9.17, 15) is 9.59 Å². The summed E-state index contributed by atoms with van der Waals surface area (Å²) in [4.78, 5) is 26.6. The number of amides is 2. The second-order valence-corrected chi connectivity index (χ2v) is 7.44. The zero-order valence-electron chi connectivity index (χ0n) is 15.3. The van der Waals surface area contributed by atoms with Gasteiger partial charge >= 0.3 is 12.0 Å². The topological polar surface area (TPSA) is 84.7 Å². The van der Waals surface area contributed by atoms with E-state index in [2.05, 4.69) is 10.5 Å². The molecule has 0 unspecified atom stereocenters. The van der Waals surface area contributed by atoms with Crippen LogP contribution in [0.1, 0.15) is 52.0 Å². The molecular weight excluding hydrogens is 310 g/mol. The molecule has 1 saturated heterocycles. The van der Waals surface area contributed by atoms with Crippen molar-refractivity contribution in [3.63, 3.8) is 0 Å². The third-order valence-electron chi connectivity index (χ3n) is 4.15. The number of aromatic nitrogens is 1. The van der Waals surface area contributed by atoms with E-state index in [0.717, 1.165) is 12.8 Å². The lowest BCUT2D eigenvalue weighted by atomic mass is 9.93. The Kier molecular flexibility index (Phi) is 5.20. The Morgan fingerprint density at radius 3 is 2.50 bits per heavy atom. The van der Waals surface area contributed by atoms with Gasteiger partial charge in [0.2, 0.25) is 0 Å². The Bertz CT molecular complexity index is 598. The highest BCUT2D eigenvalue weighted by Crippen LogP contribution is 2.26. The van der Waals surface area contributed by atoms with E-state index in [1.807, 2.05) is 27.7 Å². The van der Waals surface area contributed by atoms with Gasteiger partial charge in [-0.05, 0) is 54.4 Å². The predicted octanol–water partition coefficient (Wildman–Crippen LogP) is 3.27. The number of likely N-dealkylation sites (tertiary alicyclic amines) is 1. The first-order chi connectivity index (χ1) is 11.1. The standard InChI is InChI=1S/C17H27N3O4/c1-10-7-8-13(15(21)23-17(4,5)6)9-20(10)16(22)18-14-11(2)19-24-12(14)3/h10,13H,7-9H2,1-6H3,(H,18,22)/t10-,13-/m1/s1. The molecule has 7 heteroatoms. The molecule has 1 aliphatic rings. The Balaban J connectivity index is 2.05. The minimum Gasteiger partial charge on any atom is -0.460 e. The first-order valence-corrected chi connectivity index (χ1v) is 8.32. The fourth-order valence-corrected chi connectivity index (χ4v) is 2.81. The van der Waals surface area contributed by atoms with Crippen molar-refractivity contribution in [1.29, 1.82) is 0 Å². The summed E-state index contributed by atoms with van der Waals surface area (Å²) in [5.74, 6) is 0.0228. The summed E-state index contributed by atoms with van der Waals surface area (Å²) < 4.78 is 10.5. The quantitative estimate of drug-likeness (QED) is 0.837. The Morgan fingerprint density at radius 1 is 1.29 bits per heavy atom. The highest BCUT2D eigenvalue weighted by molar-refractivity contribution is 5.91. The molecule has 2 rings (SSSR count). The fourth-order valence-electron chi connectivity index (χ4n) is 2.81. The molecule has 1 aromatic rings. The van der Waals surface area contributed by atoms with Gasteiger partial charge in [-0.3, -0.25) is 4.79 Å². The molecule has 134 valence electrons. The SMILES string of the molecule is Cc1noc(C)c1NC(=O)N1C[C@H](C(=O)OC(C)(C)C)CC[C@H]1C. The second kappa shape index (κ2) is 6.83. The number of hydrogen-bond donors (Lipinski definition) is 1. The van der Waals surface area contributed by atoms with Gasteiger partial charge in [0.15, 0.2) is 5.76 Å². The number of anilines is 1. The van der Waals surface area contributed by atoms with E-state index in [0.29, 0.717) is 23.7 Å². The van der Waals surface area contributed by atoms with E-state index in [1.165, 1.54) is 0 Å². The zero-order valence-corrected chi connectivity index (χ0v) is 15.3. The predicted molar refractivity (Wildman–Crippen MR) is 89.7 cm³/mol. The van der Waals surface area contributed by atoms with Crippen LogP contribution in [-0.4, -0.2) is 40.2 Å². The fraction of sp³-hybridized carbons (Fsp3) is 0.706. The molecule has 2 heterocycles. The number of piperidine rings is 1. The molecule has 1 aromatic heterocycles. The summed E-state index contributed by atoms with van der Waals surface area (Å²) in [5.41, 5.74) is 0.699. The summed E-state index contributed by atoms with van der Waals surface area (Å²) in [6.45, 7) is 11.4. The van der Waals surface area contributed by atoms with Crippen LogP contribution >= 0.6 is 0 Å². The van der Waals surface area contributed by atoms with Gasteiger partial charge in [-0.15, -0.1) is 0 Å². The molecular formula is C17H27N3O4. The number of hydrogen-bond acceptors (Lipinski definition) is 5. The van der Waals surface area contributed by atoms with Crippen molar-refractivity contribution in [3.05, 3.63) is 11.5 Å². The lowest BCUT2D eigenvalue weighted by Gasteiger charge is -2.37. The van der Waals surface area contributed by atoms with E-state index < -0.39 is 5.60 Å². The molecule has 24 heavy (non-hydrogen) atoms. The van der Waals surface area contributed by atoms with E-state index in [-0.39, 0.29) is 24.0 Å². The largest absolute Gasteiger partial charge is 0.460 e. The summed E-state index contributed by atoms with van der Waals surface area (Å²) in [5, 5.41) is 6.68. The zero-order chi connectivity index (χ0) is 18.1. The minimum absolute atomic E-state index is 0.0594. The average molecular weight is 337 g/mol. The first-order valence-electron chi connectivity index (χ1n) is 8.32. The molecule has 1 aliphatic heterocycles. The van der Waals surface area contributed by atoms with Crippen LogP contribution in [0.3, 0.4) is 0 Å². The molecule has 7 nitrogen and oxygen atoms in total. The highest BCUT2D eigenvalue weighted by atomic mass is 16.6. The van der Waals surface area contributed by atoms with Crippen LogP contribution in [-0.2, 0) is 9.53 Å². The third-order valence-corrected chi connectivity index (χ3v) is 4.15. The second-order valence-electron chi connectivity index (χ2n) is 7.44. The number of nitrogens with zero attached hydrogens (tertiary/aromatic N) is 2. The smallest absolute Gasteiger partial charge is 0.322 e. The molecule has 0 bridgehead atoms. The number of carbonyl (C=O) groups is 2. The van der Waals surface area contributed by atoms with E-state index in [4.69, 9.17) is 9.26 Å². The number of ether oxygens (including phenoxy) is 1. The molecule has 0 radical (unpaired) electrons. The molecule has 0 saturated carbocycles. The number of carbonyl (C=O) groups excluding carboxylic acids is 2. The van der Waals surface area contributed by atoms with Gasteiger partial charge in [-0.2, -0.15) is 0 Å². The summed E-state index contributed by atoms with van der Waals surface area (Å²) in [7, 11) is 0. The average Bonchev–Trinajstić information content (AvgIpc) is 2.77. The van der Waals surface area contributed by atoms with Gasteiger partial charge in [-0.1, -0.05) is 5.16 Å². The maximum atomic E-state index is 12.6. The van der Waals surface area contributed by atoms with E-state index >= 15 is 0 Å². The Labute approximate surface area is 142 Å². The number of nitrogens with one attached hydrogen (secondary N) is 1. The summed E-state index contributed by atoms with van der Waals surface area (Å²) in [6, 6.07) is -0.186. The van der Waals surface area contributed by atoms with Crippen LogP contribution < -0.4 is 5.32 Å². The summed E-state index contributed by atoms with van der Waals surface area (Å²) in [6.07, 6.45) is 1.49. The van der Waals surface area contributed by atoms with Crippen LogP contribution in [0, 0.1) is 19.8 Å². The maximum absolute atomic E-state index is 12.6. The monoisotopic (exact) mass is 337 g/mol. The van der Waals surface area contributed by atoms with Gasteiger partial charge in [0.05, 0.1) is 5.92 Å². The van der Waals surface area contributed by atoms with Crippen molar-refractivity contribution in [2.75, 3.05) is 11.9 Å². The summed E-state index contributed by atoms with van der Waals surface area (Å²) >= 11 is 0. The van der Waals surface area contributed by atoms with E-state index in [1.54, 1.807) is 18.7 Å². The molecule has 1 fully saturated rings. The first kappa shape index (κ1) is 18.3. The molecule has 1 N–H and O–H groups in total. The molecule has 0 aromatic carbocycles. The molecule has 0 aliphatic carbocycles. The van der Waals surface area contributed by atoms with Gasteiger partial charge in [0, 0.05) is 12.6 Å². The van der Waals surface area contributed by atoms with Gasteiger partial charge < -0.3 is 19.5 Å². The van der Waals surface area contributed by atoms with Crippen LogP contribution in [0.25, 0.3) is 0 Å². The maximum Gasteiger partial charge on any atom is 0.322 e. The van der Waals surface area contributed by atoms with Crippen LogP contribution in [0.15, 0.2) is 4.52 Å². The van der Waals surface area contributed by atoms with Crippen molar-refractivity contribution in [1.82, 2.24) is 10.1 Å². The number of esters is 1. The Hall–Kier alpha value is -2.05. The number of rotatable bonds is 2. The third kappa shape index (κ3) is 4.27. The minimum atomic E-state index is -0.524. The van der Waals surface area contributed by atoms with Gasteiger partial charge in [0.1, 0.15) is 17.0 Å². The van der Waals surface area contributed by atoms with Crippen molar-refractivity contribution in [2.24, 2.45) is 5.92 Å². The van der Waals surface area contributed by atoms with Crippen molar-refractivity contribution in [3.8, 4) is 0 Å². The lowest BCUT2D eigenvalue weighted by Crippen LogP contribution is -2.50. The van der Waals surface area contributed by atoms with Crippen LogP contribution in [0.4, 0.5) is 10.5 Å². The van der Waals surface area contributed by atoms with Gasteiger partial charge in [0.25, 0.3) is 0 Å². The van der Waals surface area contributed by atoms with Crippen LogP contribution in [0.2, 0.25) is 0 Å². The van der Waals surface area contributed by atoms with Crippen molar-refractivity contribution >= 4 is 17.7 Å². The van der Waals surface area contributed by atoms with Gasteiger partial charge in [-0.25, -0.2) is 4.79 Å². The number of aryl methyl sites for hydroxylation is 2. The van der Waals surface area contributed by atoms with Crippen LogP contribution in [0.5, 0.6) is 0 Å². The number of urea groups is 1. The highest BCUT2D eigenvalue weighted by Gasteiger charge is 2.35. The molecule has 2 amide bonds.